The molecule has 1 aliphatic heterocycles. The summed E-state index contributed by atoms with van der Waals surface area (Å²) in [5.41, 5.74) is 0.799. The minimum Gasteiger partial charge on any atom is -0.468 e. The van der Waals surface area contributed by atoms with Gasteiger partial charge in [-0.1, -0.05) is 30.3 Å². The van der Waals surface area contributed by atoms with Crippen molar-refractivity contribution in [3.63, 3.8) is 0 Å². The van der Waals surface area contributed by atoms with Gasteiger partial charge in [-0.3, -0.25) is 4.79 Å². The fourth-order valence-corrected chi connectivity index (χ4v) is 3.17. The average molecular weight is 255 g/mol. The molecular weight excluding hydrogens is 242 g/mol. The van der Waals surface area contributed by atoms with Crippen LogP contribution in [-0.4, -0.2) is 38.1 Å². The fourth-order valence-electron chi connectivity index (χ4n) is 1.96. The summed E-state index contributed by atoms with van der Waals surface area (Å²) >= 11 is 0. The Morgan fingerprint density at radius 1 is 1.29 bits per heavy atom. The summed E-state index contributed by atoms with van der Waals surface area (Å²) in [4.78, 5) is 11.5. The first-order valence-corrected chi connectivity index (χ1v) is 6.93. The molecule has 0 spiro atoms. The van der Waals surface area contributed by atoms with Gasteiger partial charge in [-0.05, 0) is 5.56 Å². The molecule has 1 aromatic rings. The van der Waals surface area contributed by atoms with Gasteiger partial charge in [-0.15, -0.1) is 0 Å². The first kappa shape index (κ1) is 12.1. The van der Waals surface area contributed by atoms with Gasteiger partial charge >= 0.3 is 5.97 Å². The van der Waals surface area contributed by atoms with E-state index >= 15 is 0 Å². The van der Waals surface area contributed by atoms with E-state index in [0.717, 1.165) is 16.1 Å². The molecule has 6 heteroatoms. The van der Waals surface area contributed by atoms with Gasteiger partial charge in [0.2, 0.25) is 10.0 Å². The molecule has 17 heavy (non-hydrogen) atoms. The van der Waals surface area contributed by atoms with E-state index in [-0.39, 0.29) is 0 Å². The molecule has 1 saturated heterocycles. The Hall–Kier alpha value is -1.40. The molecule has 5 nitrogen and oxygen atoms in total. The van der Waals surface area contributed by atoms with Crippen LogP contribution in [-0.2, 0) is 19.6 Å². The molecule has 2 rings (SSSR count). The van der Waals surface area contributed by atoms with Crippen molar-refractivity contribution >= 4 is 16.0 Å². The van der Waals surface area contributed by atoms with Gasteiger partial charge in [0.15, 0.2) is 0 Å². The van der Waals surface area contributed by atoms with Crippen LogP contribution < -0.4 is 0 Å². The minimum absolute atomic E-state index is 0.432. The van der Waals surface area contributed by atoms with Gasteiger partial charge in [0.25, 0.3) is 0 Å². The van der Waals surface area contributed by atoms with Crippen molar-refractivity contribution in [3.05, 3.63) is 35.9 Å². The zero-order chi connectivity index (χ0) is 12.6. The number of nitrogens with zero attached hydrogens (tertiary/aromatic N) is 1. The Morgan fingerprint density at radius 3 is 2.35 bits per heavy atom. The van der Waals surface area contributed by atoms with Crippen molar-refractivity contribution in [1.82, 2.24) is 4.31 Å². The number of hydrogen-bond donors (Lipinski definition) is 0. The molecule has 92 valence electrons. The van der Waals surface area contributed by atoms with Crippen molar-refractivity contribution in [2.45, 2.75) is 12.1 Å². The number of rotatable bonds is 3. The molecule has 0 radical (unpaired) electrons. The third-order valence-corrected chi connectivity index (χ3v) is 3.94. The molecule has 3 atom stereocenters. The Balaban J connectivity index is 2.32. The maximum Gasteiger partial charge on any atom is 0.326 e. The van der Waals surface area contributed by atoms with Gasteiger partial charge in [-0.25, -0.2) is 8.42 Å². The lowest BCUT2D eigenvalue weighted by atomic mass is 10.1. The second-order valence-corrected chi connectivity index (χ2v) is 5.80. The Kier molecular flexibility index (Phi) is 2.92. The zero-order valence-corrected chi connectivity index (χ0v) is 10.3. The van der Waals surface area contributed by atoms with Gasteiger partial charge in [0.05, 0.1) is 19.4 Å². The molecule has 1 unspecified atom stereocenters. The third-order valence-electron chi connectivity index (χ3n) is 2.72. The van der Waals surface area contributed by atoms with Crippen LogP contribution in [0.2, 0.25) is 0 Å². The van der Waals surface area contributed by atoms with Gasteiger partial charge < -0.3 is 4.74 Å². The van der Waals surface area contributed by atoms with E-state index in [9.17, 15) is 13.2 Å². The smallest absolute Gasteiger partial charge is 0.326 e. The maximum atomic E-state index is 11.5. The quantitative estimate of drug-likeness (QED) is 0.584. The van der Waals surface area contributed by atoms with Crippen LogP contribution in [0.1, 0.15) is 11.6 Å². The van der Waals surface area contributed by atoms with E-state index in [2.05, 4.69) is 4.74 Å². The van der Waals surface area contributed by atoms with E-state index in [1.54, 1.807) is 12.1 Å². The number of hydrogen-bond acceptors (Lipinski definition) is 4. The van der Waals surface area contributed by atoms with Crippen molar-refractivity contribution < 1.29 is 17.9 Å². The number of esters is 1. The van der Waals surface area contributed by atoms with E-state index in [0.29, 0.717) is 0 Å². The highest BCUT2D eigenvalue weighted by Crippen LogP contribution is 2.45. The summed E-state index contributed by atoms with van der Waals surface area (Å²) in [5, 5.41) is 0. The average Bonchev–Trinajstić information content (AvgIpc) is 3.04. The van der Waals surface area contributed by atoms with Gasteiger partial charge in [-0.2, -0.15) is 4.31 Å². The number of methoxy groups -OCH3 is 1. The summed E-state index contributed by atoms with van der Waals surface area (Å²) in [7, 11) is -2.15. The fraction of sp³-hybridized carbons (Fsp3) is 0.364. The summed E-state index contributed by atoms with van der Waals surface area (Å²) in [6.07, 6.45) is 1.09. The molecule has 0 amide bonds. The molecule has 0 bridgehead atoms. The molecule has 0 aromatic heterocycles. The van der Waals surface area contributed by atoms with Crippen LogP contribution in [0.4, 0.5) is 0 Å². The number of carbonyl (C=O) groups excluding carboxylic acids is 1. The van der Waals surface area contributed by atoms with Crippen LogP contribution in [0.3, 0.4) is 0 Å². The topological polar surface area (TPSA) is 63.5 Å². The summed E-state index contributed by atoms with van der Waals surface area (Å²) in [5.74, 6) is -0.524. The predicted octanol–water partition coefficient (Wildman–Crippen LogP) is 0.544. The number of benzene rings is 1. The molecule has 1 aromatic carbocycles. The molecule has 0 saturated carbocycles. The monoisotopic (exact) mass is 255 g/mol. The third kappa shape index (κ3) is 2.18. The normalized spacial score (nSPS) is 27.5. The summed E-state index contributed by atoms with van der Waals surface area (Å²) in [6, 6.07) is 7.89. The van der Waals surface area contributed by atoms with E-state index in [1.165, 1.54) is 7.11 Å². The zero-order valence-electron chi connectivity index (χ0n) is 9.53. The van der Waals surface area contributed by atoms with Crippen LogP contribution >= 0.6 is 0 Å². The van der Waals surface area contributed by atoms with Crippen molar-refractivity contribution in [2.75, 3.05) is 13.4 Å². The molecule has 0 aliphatic carbocycles. The van der Waals surface area contributed by atoms with Crippen molar-refractivity contribution in [2.24, 2.45) is 0 Å². The Bertz CT molecular complexity index is 526. The van der Waals surface area contributed by atoms with Crippen molar-refractivity contribution in [3.8, 4) is 0 Å². The highest BCUT2D eigenvalue weighted by atomic mass is 32.2. The Labute approximate surface area is 100 Å². The van der Waals surface area contributed by atoms with Crippen LogP contribution in [0.25, 0.3) is 0 Å². The second-order valence-electron chi connectivity index (χ2n) is 3.92. The largest absolute Gasteiger partial charge is 0.468 e. The second kappa shape index (κ2) is 4.12. The molecule has 1 fully saturated rings. The SMILES string of the molecule is COC(=O)[C@@H]1[C@@H](c2ccccc2)N1S(C)(=O)=O. The highest BCUT2D eigenvalue weighted by Gasteiger charge is 2.59. The van der Waals surface area contributed by atoms with Crippen molar-refractivity contribution in [1.29, 1.82) is 0 Å². The lowest BCUT2D eigenvalue weighted by Crippen LogP contribution is -2.18. The van der Waals surface area contributed by atoms with E-state index in [4.69, 9.17) is 0 Å². The first-order valence-electron chi connectivity index (χ1n) is 5.08. The summed E-state index contributed by atoms with van der Waals surface area (Å²) < 4.78 is 28.8. The van der Waals surface area contributed by atoms with E-state index < -0.39 is 28.1 Å². The number of ether oxygens (including phenoxy) is 1. The van der Waals surface area contributed by atoms with Crippen LogP contribution in [0.5, 0.6) is 0 Å². The van der Waals surface area contributed by atoms with Crippen LogP contribution in [0, 0.1) is 0 Å². The first-order chi connectivity index (χ1) is 7.96. The molecule has 0 N–H and O–H groups in total. The molecular formula is C11H13NO4S. The lowest BCUT2D eigenvalue weighted by Gasteiger charge is -1.99. The predicted molar refractivity (Wildman–Crippen MR) is 61.7 cm³/mol. The lowest BCUT2D eigenvalue weighted by molar-refractivity contribution is -0.140. The van der Waals surface area contributed by atoms with Crippen LogP contribution in [0.15, 0.2) is 30.3 Å². The number of sulfonamides is 1. The Morgan fingerprint density at radius 2 is 1.88 bits per heavy atom. The van der Waals surface area contributed by atoms with Gasteiger partial charge in [0.1, 0.15) is 6.04 Å². The van der Waals surface area contributed by atoms with Gasteiger partial charge in [0, 0.05) is 0 Å². The van der Waals surface area contributed by atoms with E-state index in [1.807, 2.05) is 18.2 Å². The number of carbonyl (C=O) groups is 1. The molecule has 1 aliphatic rings. The highest BCUT2D eigenvalue weighted by molar-refractivity contribution is 7.88. The standard InChI is InChI=1S/C11H13NO4S/c1-16-11(13)10-9(12(10)17(2,14)15)8-6-4-3-5-7-8/h3-7,9-10H,1-2H3/t9-,10+,12?/m1/s1. The minimum atomic E-state index is -3.40. The molecule has 1 heterocycles. The maximum absolute atomic E-state index is 11.5. The summed E-state index contributed by atoms with van der Waals surface area (Å²) in [6.45, 7) is 0.